The molecule has 1 amide bonds. The zero-order valence-electron chi connectivity index (χ0n) is 8.05. The molecule has 15 heavy (non-hydrogen) atoms. The summed E-state index contributed by atoms with van der Waals surface area (Å²) >= 11 is 0. The number of hydrogen-bond donors (Lipinski definition) is 2. The summed E-state index contributed by atoms with van der Waals surface area (Å²) in [6.45, 7) is 0. The molecule has 1 aromatic rings. The van der Waals surface area contributed by atoms with Crippen LogP contribution in [0.2, 0.25) is 0 Å². The first kappa shape index (κ1) is 11.2. The Hall–Kier alpha value is -1.88. The highest BCUT2D eigenvalue weighted by molar-refractivity contribution is 5.86. The van der Waals surface area contributed by atoms with Crippen LogP contribution in [0.5, 0.6) is 0 Å². The van der Waals surface area contributed by atoms with E-state index in [0.29, 0.717) is 6.42 Å². The molecule has 0 saturated carbocycles. The van der Waals surface area contributed by atoms with E-state index in [1.165, 1.54) is 0 Å². The SMILES string of the molecule is NC(=O)OC(=O)[C@H](N)Cc1ccccc1. The first-order chi connectivity index (χ1) is 7.09. The van der Waals surface area contributed by atoms with Gasteiger partial charge in [0.15, 0.2) is 0 Å². The summed E-state index contributed by atoms with van der Waals surface area (Å²) in [7, 11) is 0. The monoisotopic (exact) mass is 208 g/mol. The first-order valence-electron chi connectivity index (χ1n) is 4.40. The minimum Gasteiger partial charge on any atom is -0.375 e. The van der Waals surface area contributed by atoms with Gasteiger partial charge in [0.25, 0.3) is 0 Å². The van der Waals surface area contributed by atoms with E-state index < -0.39 is 18.1 Å². The van der Waals surface area contributed by atoms with Gasteiger partial charge in [0.1, 0.15) is 6.04 Å². The van der Waals surface area contributed by atoms with Crippen molar-refractivity contribution in [3.8, 4) is 0 Å². The molecular formula is C10H12N2O3. The fraction of sp³-hybridized carbons (Fsp3) is 0.200. The third-order valence-corrected chi connectivity index (χ3v) is 1.80. The van der Waals surface area contributed by atoms with Crippen LogP contribution in [0.1, 0.15) is 5.56 Å². The second-order valence-electron chi connectivity index (χ2n) is 3.04. The molecule has 1 rings (SSSR count). The Kier molecular flexibility index (Phi) is 3.82. The summed E-state index contributed by atoms with van der Waals surface area (Å²) in [6, 6.07) is 8.31. The molecule has 0 spiro atoms. The van der Waals surface area contributed by atoms with E-state index in [1.54, 1.807) is 0 Å². The minimum atomic E-state index is -1.14. The molecule has 5 heteroatoms. The molecule has 0 radical (unpaired) electrons. The quantitative estimate of drug-likeness (QED) is 0.547. The highest BCUT2D eigenvalue weighted by Gasteiger charge is 2.17. The van der Waals surface area contributed by atoms with Crippen LogP contribution in [-0.4, -0.2) is 18.1 Å². The van der Waals surface area contributed by atoms with Crippen LogP contribution in [0.25, 0.3) is 0 Å². The van der Waals surface area contributed by atoms with Gasteiger partial charge in [0.05, 0.1) is 0 Å². The van der Waals surface area contributed by atoms with Crippen molar-refractivity contribution in [3.63, 3.8) is 0 Å². The van der Waals surface area contributed by atoms with E-state index in [0.717, 1.165) is 5.56 Å². The predicted octanol–water partition coefficient (Wildman–Crippen LogP) is 0.178. The van der Waals surface area contributed by atoms with Crippen LogP contribution in [-0.2, 0) is 16.0 Å². The van der Waals surface area contributed by atoms with Crippen LogP contribution < -0.4 is 11.5 Å². The lowest BCUT2D eigenvalue weighted by Crippen LogP contribution is -2.36. The predicted molar refractivity (Wildman–Crippen MR) is 53.8 cm³/mol. The van der Waals surface area contributed by atoms with E-state index in [4.69, 9.17) is 5.73 Å². The third kappa shape index (κ3) is 3.78. The van der Waals surface area contributed by atoms with Crippen LogP contribution in [0.4, 0.5) is 4.79 Å². The Bertz CT molecular complexity index is 351. The van der Waals surface area contributed by atoms with Crippen LogP contribution in [0.15, 0.2) is 30.3 Å². The third-order valence-electron chi connectivity index (χ3n) is 1.80. The van der Waals surface area contributed by atoms with Gasteiger partial charge in [-0.2, -0.15) is 0 Å². The Labute approximate surface area is 87.0 Å². The van der Waals surface area contributed by atoms with E-state index in [-0.39, 0.29) is 0 Å². The summed E-state index contributed by atoms with van der Waals surface area (Å²) in [6.07, 6.45) is -0.823. The molecule has 0 saturated heterocycles. The van der Waals surface area contributed by atoms with Gasteiger partial charge in [0, 0.05) is 0 Å². The Balaban J connectivity index is 2.52. The molecule has 1 aromatic carbocycles. The summed E-state index contributed by atoms with van der Waals surface area (Å²) in [5, 5.41) is 0. The lowest BCUT2D eigenvalue weighted by atomic mass is 10.1. The normalized spacial score (nSPS) is 11.8. The summed E-state index contributed by atoms with van der Waals surface area (Å²) in [5.41, 5.74) is 11.1. The van der Waals surface area contributed by atoms with E-state index >= 15 is 0 Å². The molecule has 4 N–H and O–H groups in total. The summed E-state index contributed by atoms with van der Waals surface area (Å²) < 4.78 is 4.16. The number of rotatable bonds is 3. The molecule has 1 atom stereocenters. The van der Waals surface area contributed by atoms with Crippen molar-refractivity contribution >= 4 is 12.1 Å². The number of carbonyl (C=O) groups is 2. The number of carbonyl (C=O) groups excluding carboxylic acids is 2. The number of primary amides is 1. The maximum absolute atomic E-state index is 11.1. The molecule has 0 bridgehead atoms. The Morgan fingerprint density at radius 1 is 1.27 bits per heavy atom. The fourth-order valence-electron chi connectivity index (χ4n) is 1.13. The lowest BCUT2D eigenvalue weighted by Gasteiger charge is -2.08. The van der Waals surface area contributed by atoms with Crippen molar-refractivity contribution in [1.82, 2.24) is 0 Å². The summed E-state index contributed by atoms with van der Waals surface area (Å²) in [4.78, 5) is 21.4. The summed E-state index contributed by atoms with van der Waals surface area (Å²) in [5.74, 6) is -0.814. The van der Waals surface area contributed by atoms with Crippen LogP contribution in [0.3, 0.4) is 0 Å². The lowest BCUT2D eigenvalue weighted by molar-refractivity contribution is -0.138. The van der Waals surface area contributed by atoms with Crippen LogP contribution >= 0.6 is 0 Å². The van der Waals surface area contributed by atoms with Crippen molar-refractivity contribution in [3.05, 3.63) is 35.9 Å². The maximum Gasteiger partial charge on any atom is 0.412 e. The second-order valence-corrected chi connectivity index (χ2v) is 3.04. The smallest absolute Gasteiger partial charge is 0.375 e. The fourth-order valence-corrected chi connectivity index (χ4v) is 1.13. The molecule has 5 nitrogen and oxygen atoms in total. The van der Waals surface area contributed by atoms with Gasteiger partial charge in [-0.05, 0) is 12.0 Å². The largest absolute Gasteiger partial charge is 0.412 e. The van der Waals surface area contributed by atoms with Crippen molar-refractivity contribution in [2.75, 3.05) is 0 Å². The van der Waals surface area contributed by atoms with Gasteiger partial charge in [-0.15, -0.1) is 0 Å². The van der Waals surface area contributed by atoms with Crippen molar-refractivity contribution in [2.45, 2.75) is 12.5 Å². The topological polar surface area (TPSA) is 95.4 Å². The van der Waals surface area contributed by atoms with Gasteiger partial charge >= 0.3 is 12.1 Å². The van der Waals surface area contributed by atoms with E-state index in [1.807, 2.05) is 30.3 Å². The number of amides is 1. The average Bonchev–Trinajstić information content (AvgIpc) is 2.18. The maximum atomic E-state index is 11.1. The number of benzene rings is 1. The zero-order valence-corrected chi connectivity index (χ0v) is 8.05. The van der Waals surface area contributed by atoms with Crippen molar-refractivity contribution in [1.29, 1.82) is 0 Å². The molecule has 0 aliphatic heterocycles. The van der Waals surface area contributed by atoms with Gasteiger partial charge in [-0.25, -0.2) is 9.59 Å². The molecule has 0 fully saturated rings. The molecule has 0 aromatic heterocycles. The zero-order chi connectivity index (χ0) is 11.3. The highest BCUT2D eigenvalue weighted by Crippen LogP contribution is 2.02. The molecular weight excluding hydrogens is 196 g/mol. The molecule has 0 heterocycles. The van der Waals surface area contributed by atoms with Crippen LogP contribution in [0, 0.1) is 0 Å². The van der Waals surface area contributed by atoms with Gasteiger partial charge in [-0.1, -0.05) is 30.3 Å². The Morgan fingerprint density at radius 2 is 1.87 bits per heavy atom. The number of esters is 1. The molecule has 0 unspecified atom stereocenters. The van der Waals surface area contributed by atoms with Crippen molar-refractivity contribution in [2.24, 2.45) is 11.5 Å². The van der Waals surface area contributed by atoms with Crippen molar-refractivity contribution < 1.29 is 14.3 Å². The number of nitrogens with two attached hydrogens (primary N) is 2. The van der Waals surface area contributed by atoms with Gasteiger partial charge < -0.3 is 16.2 Å². The van der Waals surface area contributed by atoms with Gasteiger partial charge in [-0.3, -0.25) is 0 Å². The standard InChI is InChI=1S/C10H12N2O3/c11-8(9(13)15-10(12)14)6-7-4-2-1-3-5-7/h1-5,8H,6,11H2,(H2,12,14)/t8-/m1/s1. The average molecular weight is 208 g/mol. The minimum absolute atomic E-state index is 0.312. The Morgan fingerprint density at radius 3 is 2.40 bits per heavy atom. The first-order valence-corrected chi connectivity index (χ1v) is 4.40. The molecule has 0 aliphatic carbocycles. The number of hydrogen-bond acceptors (Lipinski definition) is 4. The number of ether oxygens (including phenoxy) is 1. The van der Waals surface area contributed by atoms with Gasteiger partial charge in [0.2, 0.25) is 0 Å². The highest BCUT2D eigenvalue weighted by atomic mass is 16.6. The molecule has 80 valence electrons. The van der Waals surface area contributed by atoms with E-state index in [9.17, 15) is 9.59 Å². The second kappa shape index (κ2) is 5.11. The van der Waals surface area contributed by atoms with E-state index in [2.05, 4.69) is 10.5 Å². The molecule has 0 aliphatic rings.